The minimum atomic E-state index is 0.265. The fourth-order valence-corrected chi connectivity index (χ4v) is 3.94. The lowest BCUT2D eigenvalue weighted by molar-refractivity contribution is 0.157. The summed E-state index contributed by atoms with van der Waals surface area (Å²) in [5.74, 6) is 1.78. The first-order chi connectivity index (χ1) is 8.17. The summed E-state index contributed by atoms with van der Waals surface area (Å²) in [6.07, 6.45) is 7.47. The first-order valence-corrected chi connectivity index (χ1v) is 7.49. The zero-order chi connectivity index (χ0) is 11.9. The second-order valence-electron chi connectivity index (χ2n) is 6.09. The Morgan fingerprint density at radius 2 is 2.35 bits per heavy atom. The Bertz CT molecular complexity index is 405. The number of hydrogen-bond donors (Lipinski definition) is 1. The molecule has 2 aliphatic carbocycles. The normalized spacial score (nSPS) is 31.3. The van der Waals surface area contributed by atoms with Gasteiger partial charge in [0.25, 0.3) is 0 Å². The Hall–Kier alpha value is -0.600. The van der Waals surface area contributed by atoms with Crippen molar-refractivity contribution in [3.63, 3.8) is 0 Å². The number of nitrogens with one attached hydrogen (secondary N) is 1. The van der Waals surface area contributed by atoms with Crippen molar-refractivity contribution in [2.45, 2.75) is 38.1 Å². The maximum atomic E-state index is 3.77. The molecule has 1 fully saturated rings. The van der Waals surface area contributed by atoms with Crippen LogP contribution in [-0.4, -0.2) is 12.6 Å². The monoisotopic (exact) mass is 247 g/mol. The van der Waals surface area contributed by atoms with E-state index in [4.69, 9.17) is 0 Å². The topological polar surface area (TPSA) is 12.0 Å². The summed E-state index contributed by atoms with van der Waals surface area (Å²) in [5.41, 5.74) is 0.265. The number of thiophene rings is 1. The van der Waals surface area contributed by atoms with Crippen molar-refractivity contribution in [3.05, 3.63) is 34.5 Å². The van der Waals surface area contributed by atoms with Crippen LogP contribution in [-0.2, 0) is 5.41 Å². The molecule has 17 heavy (non-hydrogen) atoms. The van der Waals surface area contributed by atoms with Gasteiger partial charge in [-0.2, -0.15) is 0 Å². The van der Waals surface area contributed by atoms with Crippen LogP contribution >= 0.6 is 11.3 Å². The lowest BCUT2D eigenvalue weighted by Gasteiger charge is -2.42. The van der Waals surface area contributed by atoms with Crippen LogP contribution in [0, 0.1) is 11.8 Å². The zero-order valence-corrected chi connectivity index (χ0v) is 11.5. The number of rotatable bonds is 4. The standard InChI is InChI=1S/C15H21NS/c1-15(2,14-7-4-8-17-14)10-16-13-9-11-5-3-6-12(11)13/h3-4,6-8,11-13,16H,5,9-10H2,1-2H3. The summed E-state index contributed by atoms with van der Waals surface area (Å²) in [5, 5.41) is 5.95. The maximum absolute atomic E-state index is 3.77. The lowest BCUT2D eigenvalue weighted by Crippen LogP contribution is -2.51. The van der Waals surface area contributed by atoms with Crippen molar-refractivity contribution in [1.82, 2.24) is 5.32 Å². The Balaban J connectivity index is 1.56. The van der Waals surface area contributed by atoms with E-state index in [0.29, 0.717) is 0 Å². The van der Waals surface area contributed by atoms with Gasteiger partial charge in [0.05, 0.1) is 0 Å². The third-order valence-electron chi connectivity index (χ3n) is 4.36. The van der Waals surface area contributed by atoms with Crippen molar-refractivity contribution in [1.29, 1.82) is 0 Å². The molecule has 1 heterocycles. The van der Waals surface area contributed by atoms with Crippen LogP contribution in [0.5, 0.6) is 0 Å². The van der Waals surface area contributed by atoms with E-state index < -0.39 is 0 Å². The molecule has 92 valence electrons. The summed E-state index contributed by atoms with van der Waals surface area (Å²) >= 11 is 1.87. The molecule has 1 N–H and O–H groups in total. The van der Waals surface area contributed by atoms with Gasteiger partial charge in [-0.15, -0.1) is 11.3 Å². The first-order valence-electron chi connectivity index (χ1n) is 6.61. The Kier molecular flexibility index (Phi) is 2.87. The van der Waals surface area contributed by atoms with E-state index in [9.17, 15) is 0 Å². The molecule has 1 aromatic rings. The van der Waals surface area contributed by atoms with E-state index in [2.05, 4.69) is 48.8 Å². The molecule has 1 saturated carbocycles. The van der Waals surface area contributed by atoms with Crippen molar-refractivity contribution in [2.24, 2.45) is 11.8 Å². The van der Waals surface area contributed by atoms with Gasteiger partial charge in [-0.05, 0) is 36.1 Å². The van der Waals surface area contributed by atoms with Crippen molar-refractivity contribution >= 4 is 11.3 Å². The van der Waals surface area contributed by atoms with Gasteiger partial charge in [-0.25, -0.2) is 0 Å². The summed E-state index contributed by atoms with van der Waals surface area (Å²) in [6.45, 7) is 5.77. The molecule has 3 atom stereocenters. The Morgan fingerprint density at radius 1 is 1.47 bits per heavy atom. The molecule has 0 radical (unpaired) electrons. The van der Waals surface area contributed by atoms with Crippen molar-refractivity contribution in [3.8, 4) is 0 Å². The van der Waals surface area contributed by atoms with E-state index in [1.165, 1.54) is 17.7 Å². The summed E-state index contributed by atoms with van der Waals surface area (Å²) in [7, 11) is 0. The van der Waals surface area contributed by atoms with Crippen LogP contribution in [0.3, 0.4) is 0 Å². The molecule has 0 amide bonds. The van der Waals surface area contributed by atoms with Gasteiger partial charge < -0.3 is 5.32 Å². The fraction of sp³-hybridized carbons (Fsp3) is 0.600. The summed E-state index contributed by atoms with van der Waals surface area (Å²) in [6, 6.07) is 5.14. The van der Waals surface area contributed by atoms with Gasteiger partial charge >= 0.3 is 0 Å². The molecule has 2 heteroatoms. The summed E-state index contributed by atoms with van der Waals surface area (Å²) < 4.78 is 0. The number of hydrogen-bond acceptors (Lipinski definition) is 2. The highest BCUT2D eigenvalue weighted by atomic mass is 32.1. The molecular formula is C15H21NS. The number of fused-ring (bicyclic) bond motifs is 1. The van der Waals surface area contributed by atoms with Crippen LogP contribution < -0.4 is 5.32 Å². The second kappa shape index (κ2) is 4.25. The average Bonchev–Trinajstić information content (AvgIpc) is 2.88. The molecule has 0 aliphatic heterocycles. The molecule has 0 bridgehead atoms. The first kappa shape index (κ1) is 11.5. The van der Waals surface area contributed by atoms with Crippen LogP contribution in [0.4, 0.5) is 0 Å². The van der Waals surface area contributed by atoms with Crippen LogP contribution in [0.25, 0.3) is 0 Å². The van der Waals surface area contributed by atoms with Crippen LogP contribution in [0.2, 0.25) is 0 Å². The zero-order valence-electron chi connectivity index (χ0n) is 10.6. The van der Waals surface area contributed by atoms with Gasteiger partial charge in [0.2, 0.25) is 0 Å². The van der Waals surface area contributed by atoms with E-state index in [1.54, 1.807) is 0 Å². The predicted molar refractivity (Wildman–Crippen MR) is 74.5 cm³/mol. The number of allylic oxidation sites excluding steroid dienone is 1. The molecular weight excluding hydrogens is 226 g/mol. The van der Waals surface area contributed by atoms with Crippen LogP contribution in [0.1, 0.15) is 31.6 Å². The smallest absolute Gasteiger partial charge is 0.0136 e. The molecule has 1 aromatic heterocycles. The lowest BCUT2D eigenvalue weighted by atomic mass is 9.71. The highest BCUT2D eigenvalue weighted by molar-refractivity contribution is 7.10. The summed E-state index contributed by atoms with van der Waals surface area (Å²) in [4.78, 5) is 1.49. The van der Waals surface area contributed by atoms with Crippen LogP contribution in [0.15, 0.2) is 29.7 Å². The molecule has 2 aliphatic rings. The highest BCUT2D eigenvalue weighted by Crippen LogP contribution is 2.43. The second-order valence-corrected chi connectivity index (χ2v) is 7.03. The fourth-order valence-electron chi connectivity index (χ4n) is 3.08. The molecule has 3 rings (SSSR count). The molecule has 3 unspecified atom stereocenters. The third kappa shape index (κ3) is 2.09. The van der Waals surface area contributed by atoms with E-state index in [-0.39, 0.29) is 5.41 Å². The average molecular weight is 247 g/mol. The Morgan fingerprint density at radius 3 is 3.06 bits per heavy atom. The SMILES string of the molecule is CC(C)(CNC1CC2CC=CC21)c1cccs1. The van der Waals surface area contributed by atoms with Gasteiger partial charge in [0, 0.05) is 22.9 Å². The quantitative estimate of drug-likeness (QED) is 0.802. The molecule has 0 saturated heterocycles. The molecule has 0 aromatic carbocycles. The largest absolute Gasteiger partial charge is 0.312 e. The molecule has 1 nitrogen and oxygen atoms in total. The van der Waals surface area contributed by atoms with E-state index >= 15 is 0 Å². The van der Waals surface area contributed by atoms with Crippen molar-refractivity contribution < 1.29 is 0 Å². The van der Waals surface area contributed by atoms with E-state index in [1.807, 2.05) is 11.3 Å². The minimum Gasteiger partial charge on any atom is -0.312 e. The van der Waals surface area contributed by atoms with Gasteiger partial charge in [-0.1, -0.05) is 32.1 Å². The maximum Gasteiger partial charge on any atom is 0.0136 e. The third-order valence-corrected chi connectivity index (χ3v) is 5.59. The molecule has 0 spiro atoms. The van der Waals surface area contributed by atoms with Gasteiger partial charge in [0.1, 0.15) is 0 Å². The van der Waals surface area contributed by atoms with Crippen molar-refractivity contribution in [2.75, 3.05) is 6.54 Å². The predicted octanol–water partition coefficient (Wildman–Crippen LogP) is 3.58. The van der Waals surface area contributed by atoms with Gasteiger partial charge in [-0.3, -0.25) is 0 Å². The Labute approximate surface area is 108 Å². The minimum absolute atomic E-state index is 0.265. The van der Waals surface area contributed by atoms with E-state index in [0.717, 1.165) is 24.4 Å². The highest BCUT2D eigenvalue weighted by Gasteiger charge is 2.41. The van der Waals surface area contributed by atoms with Gasteiger partial charge in [0.15, 0.2) is 0 Å².